The Morgan fingerprint density at radius 1 is 1.38 bits per heavy atom. The van der Waals surface area contributed by atoms with Gasteiger partial charge in [-0.25, -0.2) is 0 Å². The largest absolute Gasteiger partial charge is 0.391 e. The summed E-state index contributed by atoms with van der Waals surface area (Å²) < 4.78 is 0. The summed E-state index contributed by atoms with van der Waals surface area (Å²) in [5, 5.41) is 22.9. The lowest BCUT2D eigenvalue weighted by molar-refractivity contribution is -0.122. The van der Waals surface area contributed by atoms with Crippen LogP contribution < -0.4 is 27.2 Å². The second-order valence-electron chi connectivity index (χ2n) is 6.31. The molecule has 0 spiro atoms. The highest BCUT2D eigenvalue weighted by molar-refractivity contribution is 6.00. The monoisotopic (exact) mass is 340 g/mol. The van der Waals surface area contributed by atoms with Crippen molar-refractivity contribution >= 4 is 23.4 Å². The number of hydrogen-bond donors (Lipinski definition) is 6. The van der Waals surface area contributed by atoms with Crippen molar-refractivity contribution < 1.29 is 15.0 Å². The number of amides is 1. The van der Waals surface area contributed by atoms with Crippen LogP contribution in [0.5, 0.6) is 0 Å². The quantitative estimate of drug-likeness (QED) is 0.373. The number of nitrogens with zero attached hydrogens (tertiary/aromatic N) is 2. The molecular formula is C14H24N6O4. The molecule has 1 aromatic heterocycles. The van der Waals surface area contributed by atoms with Crippen LogP contribution in [0, 0.1) is 5.92 Å². The number of anilines is 3. The van der Waals surface area contributed by atoms with Gasteiger partial charge in [-0.05, 0) is 12.8 Å². The van der Waals surface area contributed by atoms with E-state index in [0.717, 1.165) is 4.90 Å². The fraction of sp³-hybridized carbons (Fsp3) is 0.643. The van der Waals surface area contributed by atoms with Crippen molar-refractivity contribution in [3.8, 4) is 0 Å². The number of H-pyrrole nitrogens is 1. The van der Waals surface area contributed by atoms with E-state index in [-0.39, 0.29) is 29.9 Å². The number of nitrogen functional groups attached to an aromatic ring is 1. The number of aliphatic hydroxyl groups excluding tert-OH is 2. The number of aromatic nitrogens is 2. The molecule has 1 amide bonds. The van der Waals surface area contributed by atoms with E-state index in [9.17, 15) is 19.8 Å². The first-order valence-corrected chi connectivity index (χ1v) is 7.73. The first-order valence-electron chi connectivity index (χ1n) is 7.73. The molecule has 1 unspecified atom stereocenters. The maximum Gasteiger partial charge on any atom is 0.278 e. The zero-order chi connectivity index (χ0) is 18.2. The van der Waals surface area contributed by atoms with E-state index in [1.54, 1.807) is 13.8 Å². The van der Waals surface area contributed by atoms with Gasteiger partial charge in [0.1, 0.15) is 6.10 Å². The predicted octanol–water partition coefficient (Wildman–Crippen LogP) is -1.80. The molecule has 2 rings (SSSR count). The van der Waals surface area contributed by atoms with Crippen LogP contribution in [-0.2, 0) is 4.79 Å². The van der Waals surface area contributed by atoms with Crippen LogP contribution in [0.1, 0.15) is 20.8 Å². The summed E-state index contributed by atoms with van der Waals surface area (Å²) in [4.78, 5) is 32.6. The third kappa shape index (κ3) is 3.21. The highest BCUT2D eigenvalue weighted by Crippen LogP contribution is 2.29. The molecule has 0 aliphatic carbocycles. The Balaban J connectivity index is 2.57. The summed E-state index contributed by atoms with van der Waals surface area (Å²) in [6, 6.07) is -1.75. The van der Waals surface area contributed by atoms with Crippen LogP contribution in [-0.4, -0.2) is 56.9 Å². The van der Waals surface area contributed by atoms with Gasteiger partial charge >= 0.3 is 0 Å². The molecular weight excluding hydrogens is 316 g/mol. The van der Waals surface area contributed by atoms with E-state index < -0.39 is 35.8 Å². The van der Waals surface area contributed by atoms with Crippen LogP contribution in [0.3, 0.4) is 0 Å². The normalized spacial score (nSPS) is 21.0. The Hall–Kier alpha value is -2.17. The second kappa shape index (κ2) is 6.75. The number of nitrogens with one attached hydrogen (secondary N) is 2. The van der Waals surface area contributed by atoms with Gasteiger partial charge in [0, 0.05) is 6.54 Å². The molecule has 10 nitrogen and oxygen atoms in total. The van der Waals surface area contributed by atoms with Crippen molar-refractivity contribution in [3.05, 3.63) is 10.4 Å². The van der Waals surface area contributed by atoms with Crippen molar-refractivity contribution in [1.29, 1.82) is 0 Å². The number of carbonyl (C=O) groups is 1. The number of hydrogen-bond acceptors (Lipinski definition) is 8. The lowest BCUT2D eigenvalue weighted by Gasteiger charge is -2.41. The number of aliphatic hydroxyl groups is 2. The molecule has 0 fully saturated rings. The molecule has 0 saturated heterocycles. The number of carbonyl (C=O) groups excluding carboxylic acids is 1. The zero-order valence-corrected chi connectivity index (χ0v) is 13.9. The number of nitrogens with two attached hydrogens (primary N) is 2. The molecule has 2 heterocycles. The van der Waals surface area contributed by atoms with E-state index in [4.69, 9.17) is 11.5 Å². The summed E-state index contributed by atoms with van der Waals surface area (Å²) in [5.74, 6) is -0.675. The topological polar surface area (TPSA) is 171 Å². The standard InChI is InChI=1S/C14H24N6O4/c1-5(2)8(15)13(24)20-7(10(22)6(3)21)4-17-11-9(20)12(23)19-14(16)18-11/h5-8,10,21-22H,4,15H2,1-3H3,(H4,16,17,18,19,23)/t6-,7+,8?,10-/m0/s1. The molecule has 4 atom stereocenters. The molecule has 1 aromatic rings. The third-order valence-corrected chi connectivity index (χ3v) is 4.09. The van der Waals surface area contributed by atoms with Crippen molar-refractivity contribution in [2.24, 2.45) is 11.7 Å². The maximum atomic E-state index is 12.8. The van der Waals surface area contributed by atoms with Gasteiger partial charge in [-0.2, -0.15) is 4.98 Å². The van der Waals surface area contributed by atoms with Crippen molar-refractivity contribution in [3.63, 3.8) is 0 Å². The minimum atomic E-state index is -1.27. The number of fused-ring (bicyclic) bond motifs is 1. The van der Waals surface area contributed by atoms with Gasteiger partial charge in [0.15, 0.2) is 11.5 Å². The van der Waals surface area contributed by atoms with Crippen molar-refractivity contribution in [1.82, 2.24) is 9.97 Å². The van der Waals surface area contributed by atoms with E-state index in [0.29, 0.717) is 0 Å². The average molecular weight is 340 g/mol. The van der Waals surface area contributed by atoms with Gasteiger partial charge in [-0.15, -0.1) is 0 Å². The second-order valence-corrected chi connectivity index (χ2v) is 6.31. The average Bonchev–Trinajstić information content (AvgIpc) is 2.51. The lowest BCUT2D eigenvalue weighted by atomic mass is 9.98. The molecule has 1 aliphatic heterocycles. The minimum absolute atomic E-state index is 0.0683. The fourth-order valence-corrected chi connectivity index (χ4v) is 2.60. The van der Waals surface area contributed by atoms with E-state index in [2.05, 4.69) is 15.3 Å². The highest BCUT2D eigenvalue weighted by atomic mass is 16.3. The van der Waals surface area contributed by atoms with Gasteiger partial charge in [0.2, 0.25) is 11.9 Å². The molecule has 0 bridgehead atoms. The first kappa shape index (κ1) is 18.2. The van der Waals surface area contributed by atoms with Gasteiger partial charge in [-0.1, -0.05) is 13.8 Å². The molecule has 0 radical (unpaired) electrons. The van der Waals surface area contributed by atoms with Crippen LogP contribution >= 0.6 is 0 Å². The Kier molecular flexibility index (Phi) is 5.11. The van der Waals surface area contributed by atoms with E-state index >= 15 is 0 Å². The van der Waals surface area contributed by atoms with Crippen LogP contribution in [0.2, 0.25) is 0 Å². The van der Waals surface area contributed by atoms with E-state index in [1.807, 2.05) is 0 Å². The summed E-state index contributed by atoms with van der Waals surface area (Å²) in [6.45, 7) is 5.04. The Labute approximate surface area is 138 Å². The molecule has 0 saturated carbocycles. The van der Waals surface area contributed by atoms with E-state index in [1.165, 1.54) is 6.92 Å². The van der Waals surface area contributed by atoms with Gasteiger partial charge in [0.05, 0.1) is 18.2 Å². The molecule has 1 aliphatic rings. The summed E-state index contributed by atoms with van der Waals surface area (Å²) in [5.41, 5.74) is 10.8. The first-order chi connectivity index (χ1) is 11.1. The lowest BCUT2D eigenvalue weighted by Crippen LogP contribution is -2.61. The minimum Gasteiger partial charge on any atom is -0.391 e. The number of rotatable bonds is 4. The van der Waals surface area contributed by atoms with Crippen LogP contribution in [0.15, 0.2) is 4.79 Å². The predicted molar refractivity (Wildman–Crippen MR) is 89.5 cm³/mol. The van der Waals surface area contributed by atoms with Crippen molar-refractivity contribution in [2.75, 3.05) is 22.5 Å². The van der Waals surface area contributed by atoms with Crippen molar-refractivity contribution in [2.45, 2.75) is 45.1 Å². The third-order valence-electron chi connectivity index (χ3n) is 4.09. The summed E-state index contributed by atoms with van der Waals surface area (Å²) in [6.07, 6.45) is -2.38. The van der Waals surface area contributed by atoms with Gasteiger partial charge in [0.25, 0.3) is 5.56 Å². The Bertz CT molecular complexity index is 674. The molecule has 0 aromatic carbocycles. The van der Waals surface area contributed by atoms with Crippen LogP contribution in [0.25, 0.3) is 0 Å². The SMILES string of the molecule is CC(C)C(N)C(=O)N1c2c(nc(N)[nH]c2=O)NC[C@@H]1[C@@H](O)[C@H](C)O. The fourth-order valence-electron chi connectivity index (χ4n) is 2.60. The number of aromatic amines is 1. The molecule has 24 heavy (non-hydrogen) atoms. The zero-order valence-electron chi connectivity index (χ0n) is 13.9. The molecule has 10 heteroatoms. The van der Waals surface area contributed by atoms with Gasteiger partial charge < -0.3 is 27.0 Å². The highest BCUT2D eigenvalue weighted by Gasteiger charge is 2.41. The summed E-state index contributed by atoms with van der Waals surface area (Å²) in [7, 11) is 0. The molecule has 8 N–H and O–H groups in total. The Morgan fingerprint density at radius 3 is 2.54 bits per heavy atom. The Morgan fingerprint density at radius 2 is 2.00 bits per heavy atom. The molecule has 134 valence electrons. The smallest absolute Gasteiger partial charge is 0.278 e. The maximum absolute atomic E-state index is 12.8. The van der Waals surface area contributed by atoms with Gasteiger partial charge in [-0.3, -0.25) is 19.5 Å². The van der Waals surface area contributed by atoms with Crippen LogP contribution in [0.4, 0.5) is 17.5 Å². The summed E-state index contributed by atoms with van der Waals surface area (Å²) >= 11 is 0.